The van der Waals surface area contributed by atoms with Crippen molar-refractivity contribution in [2.75, 3.05) is 25.0 Å². The molecule has 1 rings (SSSR count). The Kier molecular flexibility index (Phi) is 5.59. The molecule has 0 aromatic carbocycles. The summed E-state index contributed by atoms with van der Waals surface area (Å²) in [6.45, 7) is 3.34. The van der Waals surface area contributed by atoms with Crippen molar-refractivity contribution in [1.29, 1.82) is 0 Å². The van der Waals surface area contributed by atoms with Crippen LogP contribution in [-0.4, -0.2) is 42.1 Å². The van der Waals surface area contributed by atoms with Gasteiger partial charge in [-0.15, -0.1) is 0 Å². The lowest BCUT2D eigenvalue weighted by Crippen LogP contribution is -2.28. The first-order chi connectivity index (χ1) is 9.12. The predicted octanol–water partition coefficient (Wildman–Crippen LogP) is 0.404. The summed E-state index contributed by atoms with van der Waals surface area (Å²) in [7, 11) is 1.56. The van der Waals surface area contributed by atoms with Crippen molar-refractivity contribution >= 4 is 17.4 Å². The Morgan fingerprint density at radius 2 is 2.37 bits per heavy atom. The number of pyridine rings is 1. The van der Waals surface area contributed by atoms with Crippen molar-refractivity contribution in [1.82, 2.24) is 10.3 Å². The molecule has 0 fully saturated rings. The van der Waals surface area contributed by atoms with Crippen LogP contribution >= 0.6 is 0 Å². The van der Waals surface area contributed by atoms with E-state index in [-0.39, 0.29) is 11.7 Å². The van der Waals surface area contributed by atoms with E-state index < -0.39 is 0 Å². The largest absolute Gasteiger partial charge is 0.409 e. The fraction of sp³-hybridized carbons (Fsp3) is 0.417. The molecule has 0 unspecified atom stereocenters. The van der Waals surface area contributed by atoms with Crippen LogP contribution in [0.4, 0.5) is 5.69 Å². The zero-order chi connectivity index (χ0) is 14.3. The van der Waals surface area contributed by atoms with Crippen molar-refractivity contribution in [2.45, 2.75) is 13.3 Å². The lowest BCUT2D eigenvalue weighted by molar-refractivity contribution is 0.0958. The molecule has 7 nitrogen and oxygen atoms in total. The first-order valence-corrected chi connectivity index (χ1v) is 6.01. The summed E-state index contributed by atoms with van der Waals surface area (Å²) in [5, 5.41) is 14.0. The molecule has 1 aromatic heterocycles. The second kappa shape index (κ2) is 7.20. The van der Waals surface area contributed by atoms with Crippen molar-refractivity contribution < 1.29 is 10.0 Å². The fourth-order valence-electron chi connectivity index (χ4n) is 1.64. The van der Waals surface area contributed by atoms with Gasteiger partial charge in [0.2, 0.25) is 0 Å². The number of rotatable bonds is 6. The summed E-state index contributed by atoms with van der Waals surface area (Å²) in [5.41, 5.74) is 6.69. The number of aromatic nitrogens is 1. The molecule has 104 valence electrons. The summed E-state index contributed by atoms with van der Waals surface area (Å²) in [6.07, 6.45) is 2.04. The third-order valence-electron chi connectivity index (χ3n) is 2.72. The Morgan fingerprint density at radius 3 is 2.95 bits per heavy atom. The van der Waals surface area contributed by atoms with E-state index in [2.05, 4.69) is 15.5 Å². The zero-order valence-corrected chi connectivity index (χ0v) is 11.1. The number of amides is 1. The summed E-state index contributed by atoms with van der Waals surface area (Å²) < 4.78 is 0. The highest BCUT2D eigenvalue weighted by Gasteiger charge is 2.10. The summed E-state index contributed by atoms with van der Waals surface area (Å²) in [5.74, 6) is -0.0478. The van der Waals surface area contributed by atoms with E-state index in [0.717, 1.165) is 12.2 Å². The first kappa shape index (κ1) is 14.7. The van der Waals surface area contributed by atoms with Gasteiger partial charge < -0.3 is 21.2 Å². The Hall–Kier alpha value is -2.31. The van der Waals surface area contributed by atoms with Gasteiger partial charge in [0.15, 0.2) is 0 Å². The van der Waals surface area contributed by atoms with E-state index in [9.17, 15) is 4.79 Å². The molecule has 0 aliphatic heterocycles. The van der Waals surface area contributed by atoms with Crippen molar-refractivity contribution in [3.8, 4) is 0 Å². The maximum atomic E-state index is 11.5. The molecule has 1 heterocycles. The van der Waals surface area contributed by atoms with Gasteiger partial charge in [0, 0.05) is 38.4 Å². The van der Waals surface area contributed by atoms with E-state index in [0.29, 0.717) is 18.7 Å². The summed E-state index contributed by atoms with van der Waals surface area (Å²) >= 11 is 0. The Balaban J connectivity index is 2.83. The van der Waals surface area contributed by atoms with E-state index >= 15 is 0 Å². The molecule has 0 aliphatic carbocycles. The van der Waals surface area contributed by atoms with Crippen LogP contribution in [0.2, 0.25) is 0 Å². The molecular weight excluding hydrogens is 246 g/mol. The molecule has 7 heteroatoms. The minimum atomic E-state index is -0.227. The number of carbonyl (C=O) groups is 1. The average Bonchev–Trinajstić information content (AvgIpc) is 2.47. The van der Waals surface area contributed by atoms with Gasteiger partial charge in [0.05, 0.1) is 0 Å². The molecule has 0 spiro atoms. The SMILES string of the molecule is CCN(CC/C(N)=N/O)c1ccnc(C(=O)NC)c1. The second-order valence-electron chi connectivity index (χ2n) is 3.90. The summed E-state index contributed by atoms with van der Waals surface area (Å²) in [6, 6.07) is 3.54. The van der Waals surface area contributed by atoms with Crippen LogP contribution in [0, 0.1) is 0 Å². The second-order valence-corrected chi connectivity index (χ2v) is 3.90. The van der Waals surface area contributed by atoms with Crippen LogP contribution in [0.3, 0.4) is 0 Å². The Morgan fingerprint density at radius 1 is 1.63 bits per heavy atom. The topological polar surface area (TPSA) is 104 Å². The number of amidine groups is 1. The van der Waals surface area contributed by atoms with Crippen LogP contribution in [0.1, 0.15) is 23.8 Å². The van der Waals surface area contributed by atoms with Gasteiger partial charge in [0.1, 0.15) is 11.5 Å². The highest BCUT2D eigenvalue weighted by atomic mass is 16.4. The van der Waals surface area contributed by atoms with E-state index in [1.54, 1.807) is 19.3 Å². The molecule has 19 heavy (non-hydrogen) atoms. The van der Waals surface area contributed by atoms with E-state index in [4.69, 9.17) is 10.9 Å². The number of oxime groups is 1. The molecule has 0 saturated carbocycles. The van der Waals surface area contributed by atoms with Crippen molar-refractivity contribution in [3.63, 3.8) is 0 Å². The quantitative estimate of drug-likeness (QED) is 0.299. The monoisotopic (exact) mass is 265 g/mol. The van der Waals surface area contributed by atoms with Crippen molar-refractivity contribution in [3.05, 3.63) is 24.0 Å². The summed E-state index contributed by atoms with van der Waals surface area (Å²) in [4.78, 5) is 17.6. The first-order valence-electron chi connectivity index (χ1n) is 6.01. The van der Waals surface area contributed by atoms with Gasteiger partial charge >= 0.3 is 0 Å². The molecule has 1 aromatic rings. The van der Waals surface area contributed by atoms with Crippen LogP contribution < -0.4 is 16.0 Å². The van der Waals surface area contributed by atoms with Crippen LogP contribution in [0.15, 0.2) is 23.5 Å². The Bertz CT molecular complexity index is 461. The Labute approximate surface area is 112 Å². The van der Waals surface area contributed by atoms with E-state index in [1.807, 2.05) is 17.9 Å². The van der Waals surface area contributed by atoms with Crippen LogP contribution in [-0.2, 0) is 0 Å². The van der Waals surface area contributed by atoms with Crippen LogP contribution in [0.25, 0.3) is 0 Å². The van der Waals surface area contributed by atoms with Crippen molar-refractivity contribution in [2.24, 2.45) is 10.9 Å². The molecule has 0 bridgehead atoms. The maximum absolute atomic E-state index is 11.5. The molecule has 0 atom stereocenters. The number of carbonyl (C=O) groups excluding carboxylic acids is 1. The number of nitrogens with zero attached hydrogens (tertiary/aromatic N) is 3. The minimum absolute atomic E-state index is 0.180. The van der Waals surface area contributed by atoms with Gasteiger partial charge in [-0.3, -0.25) is 9.78 Å². The molecule has 0 aliphatic rings. The predicted molar refractivity (Wildman–Crippen MR) is 73.5 cm³/mol. The fourth-order valence-corrected chi connectivity index (χ4v) is 1.64. The number of hydrogen-bond acceptors (Lipinski definition) is 5. The van der Waals surface area contributed by atoms with Crippen LogP contribution in [0.5, 0.6) is 0 Å². The number of hydrogen-bond donors (Lipinski definition) is 3. The highest BCUT2D eigenvalue weighted by Crippen LogP contribution is 2.14. The molecular formula is C12H19N5O2. The lowest BCUT2D eigenvalue weighted by atomic mass is 10.2. The number of nitrogens with one attached hydrogen (secondary N) is 1. The molecule has 0 radical (unpaired) electrons. The van der Waals surface area contributed by atoms with E-state index in [1.165, 1.54) is 0 Å². The number of nitrogens with two attached hydrogens (primary N) is 1. The van der Waals surface area contributed by atoms with Gasteiger partial charge in [0.25, 0.3) is 5.91 Å². The lowest BCUT2D eigenvalue weighted by Gasteiger charge is -2.23. The highest BCUT2D eigenvalue weighted by molar-refractivity contribution is 5.92. The third-order valence-corrected chi connectivity index (χ3v) is 2.72. The molecule has 4 N–H and O–H groups in total. The minimum Gasteiger partial charge on any atom is -0.409 e. The van der Waals surface area contributed by atoms with Gasteiger partial charge in [-0.05, 0) is 19.1 Å². The normalized spacial score (nSPS) is 11.2. The maximum Gasteiger partial charge on any atom is 0.269 e. The molecule has 1 amide bonds. The van der Waals surface area contributed by atoms with Gasteiger partial charge in [-0.25, -0.2) is 0 Å². The number of anilines is 1. The third kappa shape index (κ3) is 4.13. The van der Waals surface area contributed by atoms with Gasteiger partial charge in [-0.2, -0.15) is 0 Å². The molecule has 0 saturated heterocycles. The smallest absolute Gasteiger partial charge is 0.269 e. The average molecular weight is 265 g/mol. The zero-order valence-electron chi connectivity index (χ0n) is 11.1. The standard InChI is InChI=1S/C12H19N5O2/c1-3-17(7-5-11(13)16-19)9-4-6-15-10(8-9)12(18)14-2/h4,6,8,19H,3,5,7H2,1-2H3,(H2,13,16)(H,14,18). The van der Waals surface area contributed by atoms with Gasteiger partial charge in [-0.1, -0.05) is 5.16 Å².